The molecule has 6 nitrogen and oxygen atoms in total. The van der Waals surface area contributed by atoms with E-state index in [4.69, 9.17) is 7.74 Å². The summed E-state index contributed by atoms with van der Waals surface area (Å²) < 4.78 is 56.5. The molecule has 10 heteroatoms. The highest BCUT2D eigenvalue weighted by molar-refractivity contribution is 7.88. The summed E-state index contributed by atoms with van der Waals surface area (Å²) in [6, 6.07) is 0. The van der Waals surface area contributed by atoms with Crippen molar-refractivity contribution in [3.63, 3.8) is 0 Å². The molecule has 0 N–H and O–H groups in total. The van der Waals surface area contributed by atoms with Crippen LogP contribution in [0.3, 0.4) is 0 Å². The molecule has 0 rings (SSSR count). The molecule has 0 radical (unpaired) electrons. The van der Waals surface area contributed by atoms with E-state index in [0.717, 1.165) is 0 Å². The molecule has 0 aliphatic heterocycles. The van der Waals surface area contributed by atoms with Gasteiger partial charge in [0.25, 0.3) is 20.2 Å². The van der Waals surface area contributed by atoms with Crippen LogP contribution < -0.4 is 0 Å². The predicted octanol–water partition coefficient (Wildman–Crippen LogP) is 1.74. The van der Waals surface area contributed by atoms with E-state index in [2.05, 4.69) is 0 Å². The molecule has 0 aromatic heterocycles. The summed E-state index contributed by atoms with van der Waals surface area (Å²) in [7, 11) is -11.7. The Bertz CT molecular complexity index is 438. The molecule has 0 saturated heterocycles. The maximum Gasteiger partial charge on any atom is 0.257 e. The molecule has 0 aliphatic rings. The molecular weight excluding hydrogens is 324 g/mol. The second-order valence-corrected chi connectivity index (χ2v) is 19.1. The van der Waals surface area contributed by atoms with Gasteiger partial charge in [-0.3, -0.25) is 0 Å². The van der Waals surface area contributed by atoms with E-state index in [1.54, 1.807) is 39.3 Å². The largest absolute Gasteiger partial charge is 0.315 e. The van der Waals surface area contributed by atoms with E-state index in [1.165, 1.54) is 0 Å². The van der Waals surface area contributed by atoms with Crippen molar-refractivity contribution in [2.75, 3.05) is 11.5 Å². The van der Waals surface area contributed by atoms with Crippen LogP contribution in [0.2, 0.25) is 39.3 Å². The van der Waals surface area contributed by atoms with Crippen LogP contribution in [0.15, 0.2) is 0 Å². The second-order valence-electron chi connectivity index (χ2n) is 6.27. The zero-order valence-electron chi connectivity index (χ0n) is 12.4. The third-order valence-corrected chi connectivity index (χ3v) is 9.15. The van der Waals surface area contributed by atoms with Gasteiger partial charge in [-0.1, -0.05) is 0 Å². The average Bonchev–Trinajstić information content (AvgIpc) is 1.90. The minimum Gasteiger partial charge on any atom is -0.315 e. The SMILES string of the molecule is C[Si](C)(C)OS(=O)(=O)CCCS(=O)(=O)O[Si](C)(C)C. The molecule has 0 aromatic carbocycles. The normalized spacial score (nSPS) is 14.6. The van der Waals surface area contributed by atoms with Crippen LogP contribution in [0.5, 0.6) is 0 Å². The van der Waals surface area contributed by atoms with Gasteiger partial charge in [0.15, 0.2) is 0 Å². The van der Waals surface area contributed by atoms with Gasteiger partial charge in [-0.2, -0.15) is 0 Å². The quantitative estimate of drug-likeness (QED) is 0.621. The lowest BCUT2D eigenvalue weighted by Crippen LogP contribution is -2.32. The van der Waals surface area contributed by atoms with E-state index in [9.17, 15) is 16.8 Å². The fourth-order valence-electron chi connectivity index (χ4n) is 1.26. The van der Waals surface area contributed by atoms with Crippen LogP contribution in [-0.2, 0) is 28.0 Å². The molecular formula is C9H24O6S2Si2. The van der Waals surface area contributed by atoms with Crippen molar-refractivity contribution < 1.29 is 24.6 Å². The number of hydrogen-bond acceptors (Lipinski definition) is 6. The van der Waals surface area contributed by atoms with E-state index in [0.29, 0.717) is 0 Å². The van der Waals surface area contributed by atoms with E-state index in [1.807, 2.05) is 0 Å². The van der Waals surface area contributed by atoms with Gasteiger partial charge < -0.3 is 7.74 Å². The van der Waals surface area contributed by atoms with E-state index >= 15 is 0 Å². The second kappa shape index (κ2) is 6.35. The summed E-state index contributed by atoms with van der Waals surface area (Å²) in [5.41, 5.74) is 0. The minimum absolute atomic E-state index is 0.0143. The van der Waals surface area contributed by atoms with Crippen molar-refractivity contribution in [3.8, 4) is 0 Å². The Kier molecular flexibility index (Phi) is 6.43. The fourth-order valence-corrected chi connectivity index (χ4v) is 9.20. The van der Waals surface area contributed by atoms with Gasteiger partial charge in [0.2, 0.25) is 16.6 Å². The molecule has 0 fully saturated rings. The summed E-state index contributed by atoms with van der Waals surface area (Å²) in [6.07, 6.45) is -0.0143. The predicted molar refractivity (Wildman–Crippen MR) is 81.1 cm³/mol. The molecule has 0 spiro atoms. The van der Waals surface area contributed by atoms with Crippen LogP contribution in [-0.4, -0.2) is 45.0 Å². The van der Waals surface area contributed by atoms with Crippen molar-refractivity contribution in [2.45, 2.75) is 45.7 Å². The molecule has 0 atom stereocenters. The number of hydrogen-bond donors (Lipinski definition) is 0. The Morgan fingerprint density at radius 3 is 1.16 bits per heavy atom. The first-order chi connectivity index (χ1) is 8.12. The van der Waals surface area contributed by atoms with Crippen LogP contribution >= 0.6 is 0 Å². The first-order valence-corrected chi connectivity index (χ1v) is 16.0. The third kappa shape index (κ3) is 11.8. The third-order valence-electron chi connectivity index (χ3n) is 1.54. The molecule has 0 unspecified atom stereocenters. The van der Waals surface area contributed by atoms with Crippen molar-refractivity contribution in [3.05, 3.63) is 0 Å². The molecule has 0 saturated carbocycles. The van der Waals surface area contributed by atoms with Gasteiger partial charge in [0.1, 0.15) is 0 Å². The topological polar surface area (TPSA) is 86.7 Å². The zero-order chi connectivity index (χ0) is 15.5. The Hall–Kier alpha value is 0.254. The van der Waals surface area contributed by atoms with Crippen LogP contribution in [0.4, 0.5) is 0 Å². The van der Waals surface area contributed by atoms with Crippen molar-refractivity contribution in [2.24, 2.45) is 0 Å². The summed E-state index contributed by atoms with van der Waals surface area (Å²) in [6.45, 7) is 10.6. The van der Waals surface area contributed by atoms with Crippen LogP contribution in [0.1, 0.15) is 6.42 Å². The Morgan fingerprint density at radius 2 is 0.947 bits per heavy atom. The lowest BCUT2D eigenvalue weighted by molar-refractivity contribution is 0.480. The highest BCUT2D eigenvalue weighted by atomic mass is 32.2. The highest BCUT2D eigenvalue weighted by Gasteiger charge is 2.27. The van der Waals surface area contributed by atoms with Gasteiger partial charge in [0.05, 0.1) is 11.5 Å². The van der Waals surface area contributed by atoms with E-state index < -0.39 is 36.9 Å². The van der Waals surface area contributed by atoms with E-state index in [-0.39, 0.29) is 17.9 Å². The number of rotatable bonds is 8. The van der Waals surface area contributed by atoms with Gasteiger partial charge >= 0.3 is 0 Å². The summed E-state index contributed by atoms with van der Waals surface area (Å²) in [4.78, 5) is 0. The van der Waals surface area contributed by atoms with Crippen LogP contribution in [0, 0.1) is 0 Å². The van der Waals surface area contributed by atoms with Crippen molar-refractivity contribution in [1.29, 1.82) is 0 Å². The molecule has 0 bridgehead atoms. The lowest BCUT2D eigenvalue weighted by atomic mass is 10.6. The summed E-state index contributed by atoms with van der Waals surface area (Å²) >= 11 is 0. The standard InChI is InChI=1S/C9H24O6S2Si2/c1-18(2,3)14-16(10,11)8-7-9-17(12,13)15-19(4,5)6/h7-9H2,1-6H3. The van der Waals surface area contributed by atoms with Crippen molar-refractivity contribution in [1.82, 2.24) is 0 Å². The van der Waals surface area contributed by atoms with Gasteiger partial charge in [-0.05, 0) is 45.7 Å². The Morgan fingerprint density at radius 1 is 0.684 bits per heavy atom. The fraction of sp³-hybridized carbons (Fsp3) is 1.00. The average molecular weight is 349 g/mol. The lowest BCUT2D eigenvalue weighted by Gasteiger charge is -2.18. The molecule has 0 amide bonds. The first kappa shape index (κ1) is 19.3. The maximum absolute atomic E-state index is 11.6. The van der Waals surface area contributed by atoms with Gasteiger partial charge in [-0.25, -0.2) is 16.8 Å². The van der Waals surface area contributed by atoms with Gasteiger partial charge in [-0.15, -0.1) is 0 Å². The molecule has 0 heterocycles. The van der Waals surface area contributed by atoms with Gasteiger partial charge in [0, 0.05) is 0 Å². The minimum atomic E-state index is -3.65. The van der Waals surface area contributed by atoms with Crippen LogP contribution in [0.25, 0.3) is 0 Å². The first-order valence-electron chi connectivity index (χ1n) is 5.99. The van der Waals surface area contributed by atoms with Crippen molar-refractivity contribution >= 4 is 36.9 Å². The maximum atomic E-state index is 11.6. The molecule has 0 aliphatic carbocycles. The summed E-state index contributed by atoms with van der Waals surface area (Å²) in [5, 5.41) is 0. The zero-order valence-corrected chi connectivity index (χ0v) is 16.0. The molecule has 116 valence electrons. The molecule has 19 heavy (non-hydrogen) atoms. The Balaban J connectivity index is 4.39. The highest BCUT2D eigenvalue weighted by Crippen LogP contribution is 2.12. The molecule has 0 aromatic rings. The Labute approximate surface area is 119 Å². The summed E-state index contributed by atoms with van der Waals surface area (Å²) in [5.74, 6) is -0.600. The monoisotopic (exact) mass is 348 g/mol. The smallest absolute Gasteiger partial charge is 0.257 e.